The SMILES string of the molecule is CC(C)CCC[C@H](C)[C@@H]1CC[C@@H]2[C@H]3CC=C4CC[C@@H](OC(=O)CCCl)C[C@]4(C)[C@@H]3CC[C@@]21C. The molecule has 4 aliphatic carbocycles. The number of carbonyl (C=O) groups is 1. The minimum absolute atomic E-state index is 0.0761. The van der Waals surface area contributed by atoms with Gasteiger partial charge in [-0.15, -0.1) is 11.6 Å². The molecule has 0 spiro atoms. The van der Waals surface area contributed by atoms with Crippen molar-refractivity contribution in [3.05, 3.63) is 11.6 Å². The van der Waals surface area contributed by atoms with Gasteiger partial charge in [-0.3, -0.25) is 4.79 Å². The van der Waals surface area contributed by atoms with Crippen LogP contribution in [0.5, 0.6) is 0 Å². The highest BCUT2D eigenvalue weighted by Crippen LogP contribution is 2.67. The van der Waals surface area contributed by atoms with Crippen LogP contribution in [-0.2, 0) is 9.53 Å². The van der Waals surface area contributed by atoms with Crippen LogP contribution in [0.2, 0.25) is 0 Å². The first-order chi connectivity index (χ1) is 15.7. The van der Waals surface area contributed by atoms with Crippen LogP contribution in [0.15, 0.2) is 11.6 Å². The van der Waals surface area contributed by atoms with Crippen molar-refractivity contribution in [3.8, 4) is 0 Å². The van der Waals surface area contributed by atoms with Crippen LogP contribution in [0, 0.1) is 46.3 Å². The summed E-state index contributed by atoms with van der Waals surface area (Å²) < 4.78 is 5.88. The molecule has 2 nitrogen and oxygen atoms in total. The summed E-state index contributed by atoms with van der Waals surface area (Å²) in [6.07, 6.45) is 17.3. The molecule has 3 saturated carbocycles. The average molecular weight is 477 g/mol. The van der Waals surface area contributed by atoms with E-state index < -0.39 is 0 Å². The molecule has 0 unspecified atom stereocenters. The number of esters is 1. The Morgan fingerprint density at radius 1 is 1.12 bits per heavy atom. The Kier molecular flexibility index (Phi) is 7.94. The largest absolute Gasteiger partial charge is 0.462 e. The third-order valence-electron chi connectivity index (χ3n) is 10.8. The maximum atomic E-state index is 12.1. The Morgan fingerprint density at radius 3 is 2.64 bits per heavy atom. The quantitative estimate of drug-likeness (QED) is 0.199. The lowest BCUT2D eigenvalue weighted by Gasteiger charge is -2.58. The average Bonchev–Trinajstić information content (AvgIpc) is 3.10. The second-order valence-electron chi connectivity index (χ2n) is 13.1. The smallest absolute Gasteiger partial charge is 0.307 e. The van der Waals surface area contributed by atoms with E-state index in [1.54, 1.807) is 5.57 Å². The predicted molar refractivity (Wildman–Crippen MR) is 138 cm³/mol. The molecule has 0 aromatic carbocycles. The number of rotatable bonds is 8. The van der Waals surface area contributed by atoms with Gasteiger partial charge in [0.25, 0.3) is 0 Å². The van der Waals surface area contributed by atoms with Crippen molar-refractivity contribution in [1.82, 2.24) is 0 Å². The zero-order valence-corrected chi connectivity index (χ0v) is 22.8. The first-order valence-corrected chi connectivity index (χ1v) is 14.7. The highest BCUT2D eigenvalue weighted by atomic mass is 35.5. The number of hydrogen-bond acceptors (Lipinski definition) is 2. The number of fused-ring (bicyclic) bond motifs is 5. The van der Waals surface area contributed by atoms with Crippen LogP contribution in [0.25, 0.3) is 0 Å². The third-order valence-corrected chi connectivity index (χ3v) is 11.0. The van der Waals surface area contributed by atoms with Gasteiger partial charge >= 0.3 is 5.97 Å². The van der Waals surface area contributed by atoms with Gasteiger partial charge < -0.3 is 4.74 Å². The summed E-state index contributed by atoms with van der Waals surface area (Å²) in [7, 11) is 0. The molecule has 188 valence electrons. The molecule has 0 radical (unpaired) electrons. The number of halogens is 1. The first-order valence-electron chi connectivity index (χ1n) is 14.1. The maximum absolute atomic E-state index is 12.1. The molecule has 33 heavy (non-hydrogen) atoms. The molecule has 4 aliphatic rings. The van der Waals surface area contributed by atoms with E-state index in [2.05, 4.69) is 40.7 Å². The summed E-state index contributed by atoms with van der Waals surface area (Å²) in [5.74, 6) is 5.31. The van der Waals surface area contributed by atoms with Gasteiger partial charge in [0.2, 0.25) is 0 Å². The molecule has 0 saturated heterocycles. The number of carbonyl (C=O) groups excluding carboxylic acids is 1. The molecule has 0 amide bonds. The molecule has 0 aliphatic heterocycles. The summed E-state index contributed by atoms with van der Waals surface area (Å²) in [4.78, 5) is 12.1. The number of ether oxygens (including phenoxy) is 1. The normalized spacial score (nSPS) is 41.1. The van der Waals surface area contributed by atoms with E-state index in [-0.39, 0.29) is 17.5 Å². The monoisotopic (exact) mass is 476 g/mol. The van der Waals surface area contributed by atoms with E-state index >= 15 is 0 Å². The summed E-state index contributed by atoms with van der Waals surface area (Å²) >= 11 is 5.77. The Hall–Kier alpha value is -0.500. The molecule has 0 heterocycles. The van der Waals surface area contributed by atoms with E-state index in [9.17, 15) is 4.79 Å². The van der Waals surface area contributed by atoms with Gasteiger partial charge in [0.05, 0.1) is 6.42 Å². The lowest BCUT2D eigenvalue weighted by Crippen LogP contribution is -2.51. The van der Waals surface area contributed by atoms with Crippen molar-refractivity contribution in [3.63, 3.8) is 0 Å². The summed E-state index contributed by atoms with van der Waals surface area (Å²) in [6.45, 7) is 12.5. The minimum atomic E-state index is -0.111. The van der Waals surface area contributed by atoms with Gasteiger partial charge in [-0.2, -0.15) is 0 Å². The fourth-order valence-corrected chi connectivity index (χ4v) is 9.32. The molecular weight excluding hydrogens is 428 g/mol. The van der Waals surface area contributed by atoms with Crippen LogP contribution in [0.1, 0.15) is 112 Å². The zero-order valence-electron chi connectivity index (χ0n) is 22.0. The van der Waals surface area contributed by atoms with Gasteiger partial charge in [0, 0.05) is 5.88 Å². The second kappa shape index (κ2) is 10.2. The van der Waals surface area contributed by atoms with Gasteiger partial charge in [0.1, 0.15) is 6.10 Å². The molecule has 0 aromatic rings. The molecule has 3 fully saturated rings. The van der Waals surface area contributed by atoms with E-state index in [0.29, 0.717) is 17.7 Å². The standard InChI is InChI=1S/C30H49ClO2/c1-20(2)7-6-8-21(3)25-13-14-26-24-12-10-22-9-11-23(33-28(32)16-18-31)19-30(22,5)27(24)15-17-29(25,26)4/h10,20-21,23-27H,6-9,11-19H2,1-5H3/t21-,23+,24+,25-,26+,27+,29+,30-/m0/s1. The van der Waals surface area contributed by atoms with E-state index in [1.165, 1.54) is 51.4 Å². The highest BCUT2D eigenvalue weighted by Gasteiger charge is 2.59. The van der Waals surface area contributed by atoms with E-state index in [0.717, 1.165) is 54.8 Å². The molecule has 4 rings (SSSR count). The van der Waals surface area contributed by atoms with Crippen molar-refractivity contribution in [2.45, 2.75) is 118 Å². The van der Waals surface area contributed by atoms with Gasteiger partial charge in [0.15, 0.2) is 0 Å². The van der Waals surface area contributed by atoms with Crippen LogP contribution in [0.3, 0.4) is 0 Å². The van der Waals surface area contributed by atoms with E-state index in [1.807, 2.05) is 0 Å². The van der Waals surface area contributed by atoms with Crippen LogP contribution < -0.4 is 0 Å². The Bertz CT molecular complexity index is 729. The lowest BCUT2D eigenvalue weighted by atomic mass is 9.47. The van der Waals surface area contributed by atoms with Crippen LogP contribution in [0.4, 0.5) is 0 Å². The topological polar surface area (TPSA) is 26.3 Å². The number of allylic oxidation sites excluding steroid dienone is 2. The van der Waals surface area contributed by atoms with Crippen molar-refractivity contribution in [2.24, 2.45) is 46.3 Å². The molecular formula is C30H49ClO2. The van der Waals surface area contributed by atoms with Crippen molar-refractivity contribution < 1.29 is 9.53 Å². The molecule has 3 heteroatoms. The fraction of sp³-hybridized carbons (Fsp3) is 0.900. The summed E-state index contributed by atoms with van der Waals surface area (Å²) in [5.41, 5.74) is 2.42. The Labute approximate surface area is 208 Å². The van der Waals surface area contributed by atoms with Gasteiger partial charge in [-0.05, 0) is 97.7 Å². The Balaban J connectivity index is 1.46. The summed E-state index contributed by atoms with van der Waals surface area (Å²) in [5, 5.41) is 0. The van der Waals surface area contributed by atoms with Crippen molar-refractivity contribution >= 4 is 17.6 Å². The molecule has 0 N–H and O–H groups in total. The third kappa shape index (κ3) is 4.94. The molecule has 0 bridgehead atoms. The maximum Gasteiger partial charge on any atom is 0.307 e. The first kappa shape index (κ1) is 25.6. The predicted octanol–water partition coefficient (Wildman–Crippen LogP) is 8.57. The van der Waals surface area contributed by atoms with Crippen LogP contribution >= 0.6 is 11.6 Å². The molecule has 8 atom stereocenters. The minimum Gasteiger partial charge on any atom is -0.462 e. The van der Waals surface area contributed by atoms with E-state index in [4.69, 9.17) is 16.3 Å². The van der Waals surface area contributed by atoms with Crippen LogP contribution in [-0.4, -0.2) is 18.0 Å². The highest BCUT2D eigenvalue weighted by molar-refractivity contribution is 6.18. The van der Waals surface area contributed by atoms with Crippen molar-refractivity contribution in [1.29, 1.82) is 0 Å². The van der Waals surface area contributed by atoms with Crippen molar-refractivity contribution in [2.75, 3.05) is 5.88 Å². The summed E-state index contributed by atoms with van der Waals surface area (Å²) in [6, 6.07) is 0. The molecule has 0 aromatic heterocycles. The lowest BCUT2D eigenvalue weighted by molar-refractivity contribution is -0.153. The Morgan fingerprint density at radius 2 is 1.91 bits per heavy atom. The van der Waals surface area contributed by atoms with Gasteiger partial charge in [-0.1, -0.05) is 65.5 Å². The second-order valence-corrected chi connectivity index (χ2v) is 13.5. The number of alkyl halides is 1. The zero-order chi connectivity index (χ0) is 23.8. The number of hydrogen-bond donors (Lipinski definition) is 0. The van der Waals surface area contributed by atoms with Gasteiger partial charge in [-0.25, -0.2) is 0 Å². The fourth-order valence-electron chi connectivity index (χ4n) is 9.17.